The second-order valence-electron chi connectivity index (χ2n) is 4.09. The number of amidine groups is 1. The number of nitrogens with one attached hydrogen (secondary N) is 1. The van der Waals surface area contributed by atoms with Crippen molar-refractivity contribution in [3.63, 3.8) is 0 Å². The minimum absolute atomic E-state index is 0.0377. The minimum atomic E-state index is -0.593. The molecule has 2 rings (SSSR count). The molecule has 0 radical (unpaired) electrons. The highest BCUT2D eigenvalue weighted by Crippen LogP contribution is 2.31. The zero-order chi connectivity index (χ0) is 14.0. The van der Waals surface area contributed by atoms with Crippen molar-refractivity contribution in [2.24, 2.45) is 5.73 Å². The highest BCUT2D eigenvalue weighted by Gasteiger charge is 2.09. The lowest BCUT2D eigenvalue weighted by Gasteiger charge is -2.09. The van der Waals surface area contributed by atoms with Gasteiger partial charge < -0.3 is 10.5 Å². The molecule has 0 unspecified atom stereocenters. The number of nitrogen functional groups attached to an aromatic ring is 1. The van der Waals surface area contributed by atoms with Gasteiger partial charge in [0.1, 0.15) is 11.6 Å². The Morgan fingerprint density at radius 2 is 1.89 bits per heavy atom. The lowest BCUT2D eigenvalue weighted by Crippen LogP contribution is -2.11. The topological polar surface area (TPSA) is 59.1 Å². The summed E-state index contributed by atoms with van der Waals surface area (Å²) in [4.78, 5) is 0. The van der Waals surface area contributed by atoms with E-state index in [9.17, 15) is 4.39 Å². The van der Waals surface area contributed by atoms with Gasteiger partial charge in [0.2, 0.25) is 0 Å². The molecule has 0 saturated heterocycles. The highest BCUT2D eigenvalue weighted by atomic mass is 35.5. The van der Waals surface area contributed by atoms with Gasteiger partial charge >= 0.3 is 0 Å². The molecule has 0 amide bonds. The van der Waals surface area contributed by atoms with E-state index in [1.165, 1.54) is 12.1 Å². The van der Waals surface area contributed by atoms with Gasteiger partial charge in [0.05, 0.1) is 5.02 Å². The van der Waals surface area contributed by atoms with Crippen LogP contribution in [0.5, 0.6) is 11.5 Å². The Bertz CT molecular complexity index is 643. The van der Waals surface area contributed by atoms with Crippen molar-refractivity contribution in [1.29, 1.82) is 5.41 Å². The fourth-order valence-corrected chi connectivity index (χ4v) is 1.83. The van der Waals surface area contributed by atoms with E-state index in [2.05, 4.69) is 0 Å². The molecule has 0 aliphatic heterocycles. The van der Waals surface area contributed by atoms with Crippen molar-refractivity contribution in [2.45, 2.75) is 6.92 Å². The molecule has 0 aliphatic rings. The number of hydrogen-bond donors (Lipinski definition) is 2. The van der Waals surface area contributed by atoms with Crippen LogP contribution in [0.15, 0.2) is 36.4 Å². The summed E-state index contributed by atoms with van der Waals surface area (Å²) >= 11 is 6.01. The molecular formula is C14H12ClFN2O. The van der Waals surface area contributed by atoms with Crippen LogP contribution in [-0.4, -0.2) is 5.84 Å². The van der Waals surface area contributed by atoms with Gasteiger partial charge in [0.25, 0.3) is 0 Å². The molecule has 0 aliphatic carbocycles. The Kier molecular flexibility index (Phi) is 3.71. The van der Waals surface area contributed by atoms with E-state index in [1.54, 1.807) is 12.1 Å². The molecule has 2 aromatic carbocycles. The van der Waals surface area contributed by atoms with Crippen LogP contribution in [0.25, 0.3) is 0 Å². The molecule has 19 heavy (non-hydrogen) atoms. The number of ether oxygens (including phenoxy) is 1. The number of nitrogens with two attached hydrogens (primary N) is 1. The Morgan fingerprint density at radius 3 is 2.47 bits per heavy atom. The van der Waals surface area contributed by atoms with Gasteiger partial charge in [0.15, 0.2) is 11.6 Å². The van der Waals surface area contributed by atoms with Crippen LogP contribution in [0, 0.1) is 18.2 Å². The maximum Gasteiger partial charge on any atom is 0.166 e. The first-order valence-electron chi connectivity index (χ1n) is 5.55. The van der Waals surface area contributed by atoms with Crippen LogP contribution >= 0.6 is 11.6 Å². The molecule has 98 valence electrons. The normalized spacial score (nSPS) is 10.3. The average molecular weight is 279 g/mol. The molecule has 0 atom stereocenters. The van der Waals surface area contributed by atoms with Gasteiger partial charge in [-0.1, -0.05) is 17.7 Å². The van der Waals surface area contributed by atoms with Gasteiger partial charge in [-0.2, -0.15) is 0 Å². The van der Waals surface area contributed by atoms with E-state index in [-0.39, 0.29) is 11.6 Å². The third-order valence-electron chi connectivity index (χ3n) is 2.55. The van der Waals surface area contributed by atoms with Crippen LogP contribution in [0.3, 0.4) is 0 Å². The van der Waals surface area contributed by atoms with Crippen molar-refractivity contribution in [1.82, 2.24) is 0 Å². The molecule has 3 N–H and O–H groups in total. The summed E-state index contributed by atoms with van der Waals surface area (Å²) in [7, 11) is 0. The van der Waals surface area contributed by atoms with Crippen LogP contribution in [0.1, 0.15) is 11.1 Å². The van der Waals surface area contributed by atoms with Gasteiger partial charge in [-0.25, -0.2) is 4.39 Å². The quantitative estimate of drug-likeness (QED) is 0.661. The summed E-state index contributed by atoms with van der Waals surface area (Å²) in [6.07, 6.45) is 0. The molecule has 3 nitrogen and oxygen atoms in total. The number of benzene rings is 2. The first-order chi connectivity index (χ1) is 8.97. The molecule has 5 heteroatoms. The predicted molar refractivity (Wildman–Crippen MR) is 73.7 cm³/mol. The van der Waals surface area contributed by atoms with Crippen LogP contribution in [-0.2, 0) is 0 Å². The number of hydrogen-bond acceptors (Lipinski definition) is 2. The fraction of sp³-hybridized carbons (Fsp3) is 0.0714. The summed E-state index contributed by atoms with van der Waals surface area (Å²) in [5.74, 6) is -0.374. The lowest BCUT2D eigenvalue weighted by molar-refractivity contribution is 0.442. The summed E-state index contributed by atoms with van der Waals surface area (Å²) < 4.78 is 19.2. The van der Waals surface area contributed by atoms with Crippen LogP contribution in [0.2, 0.25) is 5.02 Å². The molecule has 2 aromatic rings. The summed E-state index contributed by atoms with van der Waals surface area (Å²) in [5, 5.41) is 7.64. The van der Waals surface area contributed by atoms with E-state index in [0.717, 1.165) is 11.6 Å². The maximum atomic E-state index is 13.8. The standard InChI is InChI=1S/C14H12ClFN2O/c1-8-2-4-12(10(15)6-8)19-13-5-3-9(14(17)18)7-11(13)16/h2-7H,1H3,(H3,17,18). The van der Waals surface area contributed by atoms with Crippen LogP contribution in [0.4, 0.5) is 4.39 Å². The van der Waals surface area contributed by atoms with E-state index in [4.69, 9.17) is 27.5 Å². The van der Waals surface area contributed by atoms with Crippen molar-refractivity contribution in [3.8, 4) is 11.5 Å². The smallest absolute Gasteiger partial charge is 0.166 e. The molecule has 0 aromatic heterocycles. The summed E-state index contributed by atoms with van der Waals surface area (Å²) in [5.41, 5.74) is 6.58. The van der Waals surface area contributed by atoms with Crippen molar-refractivity contribution >= 4 is 17.4 Å². The van der Waals surface area contributed by atoms with E-state index in [1.807, 2.05) is 13.0 Å². The third-order valence-corrected chi connectivity index (χ3v) is 2.85. The average Bonchev–Trinajstić information content (AvgIpc) is 2.34. The Balaban J connectivity index is 2.31. The monoisotopic (exact) mass is 278 g/mol. The van der Waals surface area contributed by atoms with Crippen molar-refractivity contribution in [2.75, 3.05) is 0 Å². The molecule has 0 bridgehead atoms. The molecule has 0 heterocycles. The van der Waals surface area contributed by atoms with Crippen LogP contribution < -0.4 is 10.5 Å². The fourth-order valence-electron chi connectivity index (χ4n) is 1.56. The molecular weight excluding hydrogens is 267 g/mol. The molecule has 0 saturated carbocycles. The summed E-state index contributed by atoms with van der Waals surface area (Å²) in [6.45, 7) is 1.90. The Labute approximate surface area is 115 Å². The molecule has 0 spiro atoms. The zero-order valence-corrected chi connectivity index (χ0v) is 11.0. The van der Waals surface area contributed by atoms with Gasteiger partial charge in [-0.3, -0.25) is 5.41 Å². The third kappa shape index (κ3) is 3.03. The van der Waals surface area contributed by atoms with Gasteiger partial charge in [-0.05, 0) is 42.8 Å². The number of halogens is 2. The first kappa shape index (κ1) is 13.4. The Morgan fingerprint density at radius 1 is 1.21 bits per heavy atom. The largest absolute Gasteiger partial charge is 0.453 e. The van der Waals surface area contributed by atoms with Crippen molar-refractivity contribution < 1.29 is 9.13 Å². The first-order valence-corrected chi connectivity index (χ1v) is 5.93. The van der Waals surface area contributed by atoms with E-state index in [0.29, 0.717) is 16.3 Å². The Hall–Kier alpha value is -2.07. The van der Waals surface area contributed by atoms with E-state index < -0.39 is 5.82 Å². The SMILES string of the molecule is Cc1ccc(Oc2ccc(C(=N)N)cc2F)c(Cl)c1. The van der Waals surface area contributed by atoms with Gasteiger partial charge in [0, 0.05) is 5.56 Å². The second kappa shape index (κ2) is 5.28. The maximum absolute atomic E-state index is 13.8. The van der Waals surface area contributed by atoms with E-state index >= 15 is 0 Å². The zero-order valence-electron chi connectivity index (χ0n) is 10.2. The summed E-state index contributed by atoms with van der Waals surface area (Å²) in [6, 6.07) is 9.32. The number of rotatable bonds is 3. The molecule has 0 fully saturated rings. The second-order valence-corrected chi connectivity index (χ2v) is 4.50. The minimum Gasteiger partial charge on any atom is -0.453 e. The highest BCUT2D eigenvalue weighted by molar-refractivity contribution is 6.32. The number of aryl methyl sites for hydroxylation is 1. The van der Waals surface area contributed by atoms with Crippen molar-refractivity contribution in [3.05, 3.63) is 58.4 Å². The van der Waals surface area contributed by atoms with Gasteiger partial charge in [-0.15, -0.1) is 0 Å². The predicted octanol–water partition coefficient (Wildman–Crippen LogP) is 3.86. The lowest BCUT2D eigenvalue weighted by atomic mass is 10.2.